The van der Waals surface area contributed by atoms with Crippen LogP contribution in [0, 0.1) is 6.92 Å². The molecule has 1 aliphatic rings. The Morgan fingerprint density at radius 2 is 2.13 bits per heavy atom. The van der Waals surface area contributed by atoms with E-state index in [0.717, 1.165) is 30.6 Å². The van der Waals surface area contributed by atoms with Gasteiger partial charge in [-0.15, -0.1) is 0 Å². The number of nitrogens with zero attached hydrogens (tertiary/aromatic N) is 3. The van der Waals surface area contributed by atoms with E-state index in [1.807, 2.05) is 19.1 Å². The maximum absolute atomic E-state index is 6.20. The van der Waals surface area contributed by atoms with Gasteiger partial charge in [0.15, 0.2) is 0 Å². The van der Waals surface area contributed by atoms with Crippen molar-refractivity contribution >= 4 is 40.8 Å². The predicted molar refractivity (Wildman–Crippen MR) is 95.7 cm³/mol. The van der Waals surface area contributed by atoms with Gasteiger partial charge in [0, 0.05) is 47.5 Å². The summed E-state index contributed by atoms with van der Waals surface area (Å²) in [4.78, 5) is 10.9. The summed E-state index contributed by atoms with van der Waals surface area (Å²) in [6.07, 6.45) is 2.79. The average Bonchev–Trinajstić information content (AvgIpc) is 2.98. The van der Waals surface area contributed by atoms with Gasteiger partial charge in [-0.1, -0.05) is 40.9 Å². The van der Waals surface area contributed by atoms with Crippen LogP contribution in [0.2, 0.25) is 15.2 Å². The second-order valence-corrected chi connectivity index (χ2v) is 6.89. The van der Waals surface area contributed by atoms with Crippen molar-refractivity contribution in [2.75, 3.05) is 18.0 Å². The molecular weight excluding hydrogens is 355 g/mol. The zero-order valence-corrected chi connectivity index (χ0v) is 15.0. The monoisotopic (exact) mass is 370 g/mol. The summed E-state index contributed by atoms with van der Waals surface area (Å²) in [5, 5.41) is 5.38. The number of benzene rings is 1. The highest BCUT2D eigenvalue weighted by Gasteiger charge is 2.24. The topological polar surface area (TPSA) is 41.1 Å². The molecule has 0 spiro atoms. The van der Waals surface area contributed by atoms with Crippen LogP contribution in [0.4, 0.5) is 5.95 Å². The first-order valence-corrected chi connectivity index (χ1v) is 8.57. The van der Waals surface area contributed by atoms with E-state index in [1.54, 1.807) is 12.3 Å². The molecule has 1 aliphatic heterocycles. The predicted octanol–water partition coefficient (Wildman–Crippen LogP) is 4.11. The SMILES string of the molecule is Cc1cnc(N2CC[C@H](NCc3ccc(Cl)cc3Cl)C2)nc1Cl. The van der Waals surface area contributed by atoms with E-state index in [4.69, 9.17) is 34.8 Å². The lowest BCUT2D eigenvalue weighted by atomic mass is 10.2. The van der Waals surface area contributed by atoms with E-state index >= 15 is 0 Å². The smallest absolute Gasteiger partial charge is 0.226 e. The summed E-state index contributed by atoms with van der Waals surface area (Å²) < 4.78 is 0. The van der Waals surface area contributed by atoms with Gasteiger partial charge in [-0.2, -0.15) is 0 Å². The lowest BCUT2D eigenvalue weighted by Gasteiger charge is -2.17. The summed E-state index contributed by atoms with van der Waals surface area (Å²) in [5.74, 6) is 0.689. The van der Waals surface area contributed by atoms with E-state index < -0.39 is 0 Å². The summed E-state index contributed by atoms with van der Waals surface area (Å²) in [5.41, 5.74) is 1.94. The average molecular weight is 372 g/mol. The number of halogens is 3. The van der Waals surface area contributed by atoms with Gasteiger partial charge in [0.2, 0.25) is 5.95 Å². The molecule has 3 rings (SSSR count). The largest absolute Gasteiger partial charge is 0.339 e. The summed E-state index contributed by atoms with van der Waals surface area (Å²) in [6, 6.07) is 5.94. The Labute approximate surface area is 150 Å². The molecule has 0 bridgehead atoms. The van der Waals surface area contributed by atoms with Crippen LogP contribution in [0.1, 0.15) is 17.5 Å². The van der Waals surface area contributed by atoms with Crippen molar-refractivity contribution in [2.45, 2.75) is 25.9 Å². The molecule has 1 fully saturated rings. The fourth-order valence-electron chi connectivity index (χ4n) is 2.59. The van der Waals surface area contributed by atoms with Gasteiger partial charge in [0.25, 0.3) is 0 Å². The number of aryl methyl sites for hydroxylation is 1. The number of rotatable bonds is 4. The first-order chi connectivity index (χ1) is 11.0. The highest BCUT2D eigenvalue weighted by atomic mass is 35.5. The molecule has 1 saturated heterocycles. The number of nitrogens with one attached hydrogen (secondary N) is 1. The molecule has 2 heterocycles. The number of hydrogen-bond acceptors (Lipinski definition) is 4. The fraction of sp³-hybridized carbons (Fsp3) is 0.375. The molecule has 122 valence electrons. The number of aromatic nitrogens is 2. The normalized spacial score (nSPS) is 17.7. The minimum atomic E-state index is 0.366. The van der Waals surface area contributed by atoms with E-state index in [-0.39, 0.29) is 0 Å². The second kappa shape index (κ2) is 7.22. The van der Waals surface area contributed by atoms with Crippen molar-refractivity contribution in [3.63, 3.8) is 0 Å². The molecule has 1 aromatic carbocycles. The van der Waals surface area contributed by atoms with Crippen molar-refractivity contribution in [1.82, 2.24) is 15.3 Å². The Bertz CT molecular complexity index is 708. The van der Waals surface area contributed by atoms with Crippen molar-refractivity contribution in [3.8, 4) is 0 Å². The van der Waals surface area contributed by atoms with Gasteiger partial charge in [-0.05, 0) is 31.0 Å². The van der Waals surface area contributed by atoms with Crippen molar-refractivity contribution in [2.24, 2.45) is 0 Å². The molecule has 23 heavy (non-hydrogen) atoms. The molecule has 2 aromatic rings. The highest BCUT2D eigenvalue weighted by molar-refractivity contribution is 6.35. The fourth-order valence-corrected chi connectivity index (χ4v) is 3.19. The minimum Gasteiger partial charge on any atom is -0.339 e. The highest BCUT2D eigenvalue weighted by Crippen LogP contribution is 2.22. The van der Waals surface area contributed by atoms with Crippen LogP contribution in [0.3, 0.4) is 0 Å². The first kappa shape index (κ1) is 16.8. The third-order valence-corrected chi connectivity index (χ3v) is 4.93. The van der Waals surface area contributed by atoms with E-state index in [9.17, 15) is 0 Å². The molecular formula is C16H17Cl3N4. The maximum Gasteiger partial charge on any atom is 0.226 e. The van der Waals surface area contributed by atoms with Gasteiger partial charge in [0.1, 0.15) is 5.15 Å². The Morgan fingerprint density at radius 1 is 1.30 bits per heavy atom. The number of anilines is 1. The molecule has 0 unspecified atom stereocenters. The lowest BCUT2D eigenvalue weighted by molar-refractivity contribution is 0.551. The zero-order chi connectivity index (χ0) is 16.4. The van der Waals surface area contributed by atoms with Gasteiger partial charge in [0.05, 0.1) is 0 Å². The molecule has 0 saturated carbocycles. The van der Waals surface area contributed by atoms with Crippen LogP contribution >= 0.6 is 34.8 Å². The summed E-state index contributed by atoms with van der Waals surface area (Å²) in [7, 11) is 0. The third kappa shape index (κ3) is 4.07. The van der Waals surface area contributed by atoms with Crippen LogP contribution in [0.5, 0.6) is 0 Å². The van der Waals surface area contributed by atoms with Crippen molar-refractivity contribution in [3.05, 3.63) is 50.7 Å². The van der Waals surface area contributed by atoms with Crippen LogP contribution in [-0.2, 0) is 6.54 Å². The third-order valence-electron chi connectivity index (χ3n) is 3.96. The maximum atomic E-state index is 6.20. The lowest BCUT2D eigenvalue weighted by Crippen LogP contribution is -2.32. The Morgan fingerprint density at radius 3 is 2.87 bits per heavy atom. The molecule has 0 aliphatic carbocycles. The summed E-state index contributed by atoms with van der Waals surface area (Å²) >= 11 is 18.2. The Balaban J connectivity index is 1.58. The zero-order valence-electron chi connectivity index (χ0n) is 12.7. The van der Waals surface area contributed by atoms with E-state index in [0.29, 0.717) is 33.7 Å². The number of hydrogen-bond donors (Lipinski definition) is 1. The molecule has 4 nitrogen and oxygen atoms in total. The van der Waals surface area contributed by atoms with Crippen LogP contribution in [-0.4, -0.2) is 29.1 Å². The quantitative estimate of drug-likeness (QED) is 0.821. The van der Waals surface area contributed by atoms with Gasteiger partial charge < -0.3 is 10.2 Å². The molecule has 0 radical (unpaired) electrons. The van der Waals surface area contributed by atoms with Gasteiger partial charge in [-0.3, -0.25) is 0 Å². The van der Waals surface area contributed by atoms with Crippen molar-refractivity contribution < 1.29 is 0 Å². The van der Waals surface area contributed by atoms with E-state index in [2.05, 4.69) is 20.2 Å². The molecule has 1 aromatic heterocycles. The first-order valence-electron chi connectivity index (χ1n) is 7.44. The summed E-state index contributed by atoms with van der Waals surface area (Å²) in [6.45, 7) is 4.37. The Hall–Kier alpha value is -1.07. The van der Waals surface area contributed by atoms with Gasteiger partial charge in [-0.25, -0.2) is 9.97 Å². The van der Waals surface area contributed by atoms with Crippen LogP contribution in [0.15, 0.2) is 24.4 Å². The Kier molecular flexibility index (Phi) is 5.27. The van der Waals surface area contributed by atoms with Gasteiger partial charge >= 0.3 is 0 Å². The molecule has 7 heteroatoms. The second-order valence-electron chi connectivity index (χ2n) is 5.69. The molecule has 1 atom stereocenters. The standard InChI is InChI=1S/C16H17Cl3N4/c1-10-7-21-16(22-15(10)19)23-5-4-13(9-23)20-8-11-2-3-12(17)6-14(11)18/h2-3,6-7,13,20H,4-5,8-9H2,1H3/t13-/m0/s1. The van der Waals surface area contributed by atoms with Crippen LogP contribution in [0.25, 0.3) is 0 Å². The molecule has 1 N–H and O–H groups in total. The van der Waals surface area contributed by atoms with E-state index in [1.165, 1.54) is 0 Å². The minimum absolute atomic E-state index is 0.366. The van der Waals surface area contributed by atoms with Crippen molar-refractivity contribution in [1.29, 1.82) is 0 Å². The van der Waals surface area contributed by atoms with Crippen LogP contribution < -0.4 is 10.2 Å². The molecule has 0 amide bonds.